The summed E-state index contributed by atoms with van der Waals surface area (Å²) < 4.78 is 35.5. The molecule has 1 saturated carbocycles. The lowest BCUT2D eigenvalue weighted by Crippen LogP contribution is -2.61. The zero-order valence-corrected chi connectivity index (χ0v) is 27.7. The van der Waals surface area contributed by atoms with Crippen molar-refractivity contribution >= 4 is 27.5 Å². The molecule has 1 aliphatic carbocycles. The van der Waals surface area contributed by atoms with Crippen LogP contribution in [0.15, 0.2) is 65.8 Å². The van der Waals surface area contributed by atoms with E-state index in [0.717, 1.165) is 17.0 Å². The number of benzene rings is 1. The molecule has 246 valence electrons. The number of hydrogen-bond acceptors (Lipinski definition) is 8. The molecule has 12 heteroatoms. The Morgan fingerprint density at radius 1 is 0.870 bits per heavy atom. The SMILES string of the molecule is NC1CCN(C(=O)[C@@H]2CN(Cc3ccc(-c4ccc(Cl)cn4)nc3)CCN2S(=O)(=O)c2ccc(OCC3CCCCC3)cc2)CC1. The van der Waals surface area contributed by atoms with Gasteiger partial charge in [-0.1, -0.05) is 36.9 Å². The molecule has 0 spiro atoms. The maximum Gasteiger partial charge on any atom is 0.243 e. The minimum Gasteiger partial charge on any atom is -0.493 e. The summed E-state index contributed by atoms with van der Waals surface area (Å²) in [6.45, 7) is 3.22. The molecule has 3 aromatic rings. The third kappa shape index (κ3) is 7.88. The Labute approximate surface area is 276 Å². The maximum absolute atomic E-state index is 14.1. The van der Waals surface area contributed by atoms with Crippen molar-refractivity contribution in [3.05, 3.63) is 71.5 Å². The first-order valence-electron chi connectivity index (χ1n) is 16.3. The van der Waals surface area contributed by atoms with Crippen molar-refractivity contribution in [2.75, 3.05) is 39.3 Å². The fourth-order valence-corrected chi connectivity index (χ4v) is 8.33. The predicted octanol–water partition coefficient (Wildman–Crippen LogP) is 4.58. The summed E-state index contributed by atoms with van der Waals surface area (Å²) in [4.78, 5) is 27.0. The highest BCUT2D eigenvalue weighted by atomic mass is 35.5. The number of aromatic nitrogens is 2. The molecule has 4 heterocycles. The van der Waals surface area contributed by atoms with Crippen molar-refractivity contribution in [2.24, 2.45) is 11.7 Å². The summed E-state index contributed by atoms with van der Waals surface area (Å²) >= 11 is 5.97. The van der Waals surface area contributed by atoms with Gasteiger partial charge in [0.2, 0.25) is 15.9 Å². The minimum absolute atomic E-state index is 0.0594. The number of piperidine rings is 1. The monoisotopic (exact) mass is 666 g/mol. The van der Waals surface area contributed by atoms with Gasteiger partial charge in [-0.2, -0.15) is 4.31 Å². The molecule has 0 unspecified atom stereocenters. The molecular weight excluding hydrogens is 624 g/mol. The highest BCUT2D eigenvalue weighted by Gasteiger charge is 2.42. The molecule has 3 fully saturated rings. The summed E-state index contributed by atoms with van der Waals surface area (Å²) in [6.07, 6.45) is 10.9. The molecule has 3 aliphatic rings. The number of hydrogen-bond donors (Lipinski definition) is 1. The van der Waals surface area contributed by atoms with Crippen LogP contribution in [0.25, 0.3) is 11.4 Å². The first-order chi connectivity index (χ1) is 22.3. The van der Waals surface area contributed by atoms with Crippen LogP contribution in [0.5, 0.6) is 5.75 Å². The van der Waals surface area contributed by atoms with Crippen LogP contribution in [-0.2, 0) is 21.4 Å². The number of ether oxygens (including phenoxy) is 1. The van der Waals surface area contributed by atoms with Gasteiger partial charge in [0.05, 0.1) is 27.9 Å². The van der Waals surface area contributed by atoms with Crippen LogP contribution in [0.1, 0.15) is 50.5 Å². The molecule has 10 nitrogen and oxygen atoms in total. The lowest BCUT2D eigenvalue weighted by molar-refractivity contribution is -0.138. The van der Waals surface area contributed by atoms with Crippen LogP contribution in [0.3, 0.4) is 0 Å². The molecule has 1 amide bonds. The van der Waals surface area contributed by atoms with Crippen LogP contribution in [0, 0.1) is 5.92 Å². The summed E-state index contributed by atoms with van der Waals surface area (Å²) in [5.74, 6) is 1.05. The Morgan fingerprint density at radius 3 is 2.22 bits per heavy atom. The molecule has 2 saturated heterocycles. The number of carbonyl (C=O) groups is 1. The zero-order valence-electron chi connectivity index (χ0n) is 26.1. The molecular formula is C34H43ClN6O4S. The number of rotatable bonds is 9. The molecule has 1 atom stereocenters. The van der Waals surface area contributed by atoms with Crippen molar-refractivity contribution in [1.82, 2.24) is 24.1 Å². The Hall–Kier alpha value is -3.09. The highest BCUT2D eigenvalue weighted by molar-refractivity contribution is 7.89. The molecule has 6 rings (SSSR count). The van der Waals surface area contributed by atoms with E-state index in [9.17, 15) is 13.2 Å². The van der Waals surface area contributed by atoms with Crippen molar-refractivity contribution < 1.29 is 17.9 Å². The molecule has 2 aromatic heterocycles. The number of likely N-dealkylation sites (tertiary alicyclic amines) is 1. The molecule has 0 radical (unpaired) electrons. The second kappa shape index (κ2) is 14.8. The fourth-order valence-electron chi connectivity index (χ4n) is 6.65. The number of carbonyl (C=O) groups excluding carboxylic acids is 1. The Kier molecular flexibility index (Phi) is 10.5. The van der Waals surface area contributed by atoms with E-state index in [1.54, 1.807) is 47.6 Å². The van der Waals surface area contributed by atoms with E-state index >= 15 is 0 Å². The lowest BCUT2D eigenvalue weighted by atomic mass is 9.90. The number of amides is 1. The van der Waals surface area contributed by atoms with E-state index in [1.165, 1.54) is 36.4 Å². The van der Waals surface area contributed by atoms with E-state index < -0.39 is 16.1 Å². The van der Waals surface area contributed by atoms with E-state index in [-0.39, 0.29) is 29.9 Å². The average molecular weight is 667 g/mol. The van der Waals surface area contributed by atoms with Crippen molar-refractivity contribution in [3.63, 3.8) is 0 Å². The fraction of sp³-hybridized carbons (Fsp3) is 0.500. The van der Waals surface area contributed by atoms with Gasteiger partial charge in [0.25, 0.3) is 0 Å². The molecule has 2 aliphatic heterocycles. The van der Waals surface area contributed by atoms with Gasteiger partial charge < -0.3 is 15.4 Å². The lowest BCUT2D eigenvalue weighted by Gasteiger charge is -2.42. The number of halogens is 1. The summed E-state index contributed by atoms with van der Waals surface area (Å²) in [6, 6.07) is 13.4. The Morgan fingerprint density at radius 2 is 1.57 bits per heavy atom. The Bertz CT molecular complexity index is 1560. The van der Waals surface area contributed by atoms with E-state index in [4.69, 9.17) is 22.1 Å². The van der Waals surface area contributed by atoms with Gasteiger partial charge in [-0.05, 0) is 79.6 Å². The van der Waals surface area contributed by atoms with E-state index in [0.29, 0.717) is 62.3 Å². The molecule has 0 bridgehead atoms. The van der Waals surface area contributed by atoms with Crippen LogP contribution < -0.4 is 10.5 Å². The quantitative estimate of drug-likeness (QED) is 0.352. The van der Waals surface area contributed by atoms with Crippen molar-refractivity contribution in [2.45, 2.75) is 68.5 Å². The number of nitrogens with zero attached hydrogens (tertiary/aromatic N) is 5. The topological polar surface area (TPSA) is 122 Å². The van der Waals surface area contributed by atoms with E-state index in [2.05, 4.69) is 14.9 Å². The van der Waals surface area contributed by atoms with Gasteiger partial charge in [0.15, 0.2) is 0 Å². The van der Waals surface area contributed by atoms with Gasteiger partial charge in [0.1, 0.15) is 11.8 Å². The normalized spacial score (nSPS) is 20.9. The third-order valence-corrected chi connectivity index (χ3v) is 11.6. The van der Waals surface area contributed by atoms with E-state index in [1.807, 2.05) is 18.2 Å². The highest BCUT2D eigenvalue weighted by Crippen LogP contribution is 2.28. The molecule has 2 N–H and O–H groups in total. The maximum atomic E-state index is 14.1. The van der Waals surface area contributed by atoms with Gasteiger partial charge in [-0.3, -0.25) is 19.7 Å². The van der Waals surface area contributed by atoms with Gasteiger partial charge in [0, 0.05) is 57.7 Å². The number of nitrogens with two attached hydrogens (primary N) is 1. The van der Waals surface area contributed by atoms with Crippen LogP contribution in [0.2, 0.25) is 5.02 Å². The van der Waals surface area contributed by atoms with Gasteiger partial charge in [-0.15, -0.1) is 0 Å². The molecule has 1 aromatic carbocycles. The third-order valence-electron chi connectivity index (χ3n) is 9.41. The van der Waals surface area contributed by atoms with Crippen LogP contribution in [-0.4, -0.2) is 89.8 Å². The van der Waals surface area contributed by atoms with Crippen LogP contribution in [0.4, 0.5) is 0 Å². The first kappa shape index (κ1) is 32.8. The number of piperazine rings is 1. The van der Waals surface area contributed by atoms with Crippen molar-refractivity contribution in [3.8, 4) is 17.1 Å². The average Bonchev–Trinajstić information content (AvgIpc) is 3.09. The van der Waals surface area contributed by atoms with Gasteiger partial charge in [-0.25, -0.2) is 8.42 Å². The number of sulfonamides is 1. The zero-order chi connectivity index (χ0) is 32.1. The minimum atomic E-state index is -3.94. The summed E-state index contributed by atoms with van der Waals surface area (Å²) in [5.41, 5.74) is 8.54. The summed E-state index contributed by atoms with van der Waals surface area (Å²) in [5, 5.41) is 0.564. The number of pyridine rings is 2. The van der Waals surface area contributed by atoms with Crippen molar-refractivity contribution in [1.29, 1.82) is 0 Å². The predicted molar refractivity (Wildman–Crippen MR) is 178 cm³/mol. The Balaban J connectivity index is 1.16. The van der Waals surface area contributed by atoms with Gasteiger partial charge >= 0.3 is 0 Å². The largest absolute Gasteiger partial charge is 0.493 e. The smallest absolute Gasteiger partial charge is 0.243 e. The molecule has 46 heavy (non-hydrogen) atoms. The van der Waals surface area contributed by atoms with Crippen LogP contribution >= 0.6 is 11.6 Å². The second-order valence-electron chi connectivity index (χ2n) is 12.7. The first-order valence-corrected chi connectivity index (χ1v) is 18.2. The standard InChI is InChI=1S/C34H43ClN6O4S/c35-27-7-13-32(38-21-27)31-12-6-26(20-37-31)22-39-18-19-41(33(23-39)34(42)40-16-14-28(36)15-17-40)46(43,44)30-10-8-29(9-11-30)45-24-25-4-2-1-3-5-25/h6-13,20-21,25,28,33H,1-5,14-19,22-24,36H2/t33-/m0/s1. The second-order valence-corrected chi connectivity index (χ2v) is 15.1. The summed E-state index contributed by atoms with van der Waals surface area (Å²) in [7, 11) is -3.94.